The van der Waals surface area contributed by atoms with E-state index in [2.05, 4.69) is 233 Å². The minimum absolute atomic E-state index is 0.0122. The van der Waals surface area contributed by atoms with Crippen molar-refractivity contribution in [2.24, 2.45) is 0 Å². The third-order valence-corrected chi connectivity index (χ3v) is 15.5. The molecule has 0 fully saturated rings. The molecule has 0 heterocycles. The zero-order chi connectivity index (χ0) is 68.3. The molecular weight excluding hydrogens is 1180 g/mol. The second-order valence-electron chi connectivity index (χ2n) is 24.5. The summed E-state index contributed by atoms with van der Waals surface area (Å²) in [6.07, 6.45) is 115. The van der Waals surface area contributed by atoms with Crippen LogP contribution in [0.5, 0.6) is 0 Å². The number of likely N-dealkylation sites (N-methyl/N-ethyl adjacent to an activating group) is 1. The number of phosphoric ester groups is 1. The van der Waals surface area contributed by atoms with Gasteiger partial charge in [0.1, 0.15) is 19.8 Å². The zero-order valence-corrected chi connectivity index (χ0v) is 60.7. The van der Waals surface area contributed by atoms with Crippen LogP contribution in [0.15, 0.2) is 219 Å². The smallest absolute Gasteiger partial charge is 0.462 e. The highest BCUT2D eigenvalue weighted by Crippen LogP contribution is 2.43. The predicted octanol–water partition coefficient (Wildman–Crippen LogP) is 24.4. The van der Waals surface area contributed by atoms with Gasteiger partial charge in [0, 0.05) is 12.8 Å². The van der Waals surface area contributed by atoms with Crippen molar-refractivity contribution in [3.63, 3.8) is 0 Å². The lowest BCUT2D eigenvalue weighted by molar-refractivity contribution is -0.870. The summed E-state index contributed by atoms with van der Waals surface area (Å²) in [4.78, 5) is 35.9. The molecule has 0 aromatic rings. The second-order valence-corrected chi connectivity index (χ2v) is 26.0. The lowest BCUT2D eigenvalue weighted by Crippen LogP contribution is -2.37. The maximum absolute atomic E-state index is 12.9. The first kappa shape index (κ1) is 88.3. The van der Waals surface area contributed by atoms with Crippen LogP contribution in [0.4, 0.5) is 0 Å². The Kier molecular flexibility index (Phi) is 67.3. The van der Waals surface area contributed by atoms with Gasteiger partial charge in [-0.2, -0.15) is 0 Å². The van der Waals surface area contributed by atoms with E-state index in [1.54, 1.807) is 0 Å². The molecule has 9 nitrogen and oxygen atoms in total. The van der Waals surface area contributed by atoms with Crippen LogP contribution in [-0.4, -0.2) is 74.9 Å². The first-order valence-electron chi connectivity index (χ1n) is 36.5. The Morgan fingerprint density at radius 1 is 0.330 bits per heavy atom. The second kappa shape index (κ2) is 71.6. The number of esters is 2. The Morgan fingerprint density at radius 3 is 0.862 bits per heavy atom. The summed E-state index contributed by atoms with van der Waals surface area (Å²) in [6, 6.07) is 0. The van der Waals surface area contributed by atoms with E-state index >= 15 is 0 Å². The molecule has 0 rings (SSSR count). The third-order valence-electron chi connectivity index (χ3n) is 14.5. The van der Waals surface area contributed by atoms with E-state index in [1.165, 1.54) is 44.9 Å². The number of rotatable bonds is 64. The van der Waals surface area contributed by atoms with Crippen molar-refractivity contribution in [2.75, 3.05) is 47.5 Å². The van der Waals surface area contributed by atoms with Gasteiger partial charge in [-0.3, -0.25) is 18.6 Å². The fourth-order valence-electron chi connectivity index (χ4n) is 9.00. The molecule has 0 amide bonds. The summed E-state index contributed by atoms with van der Waals surface area (Å²) < 4.78 is 34.7. The van der Waals surface area contributed by atoms with E-state index in [-0.39, 0.29) is 32.0 Å². The van der Waals surface area contributed by atoms with Crippen LogP contribution in [0.3, 0.4) is 0 Å². The number of nitrogens with zero attached hydrogens (tertiary/aromatic N) is 1. The fourth-order valence-corrected chi connectivity index (χ4v) is 9.74. The van der Waals surface area contributed by atoms with Gasteiger partial charge in [0.25, 0.3) is 0 Å². The molecule has 0 spiro atoms. The highest BCUT2D eigenvalue weighted by atomic mass is 31.2. The SMILES string of the molecule is CC/C=C\C/C=C\C/C=C\C/C=C\C/C=C\C/C=C\C/C=C\C/C=C\C/C=C\C/C=C\C/C=C\CCCCCC(=O)OC(COC(=O)CCCCCCCCCCCCC/C=C\C/C=C\C/C=C\C/C=C\C/C=C\C/C=C\C/C=C\CC)COP(=O)(O)OCC[N+](C)(C)C. The lowest BCUT2D eigenvalue weighted by Gasteiger charge is -2.24. The summed E-state index contributed by atoms with van der Waals surface area (Å²) in [5.74, 6) is -0.855. The molecule has 0 aromatic carbocycles. The fraction of sp³-hybridized carbons (Fsp3) is 0.548. The van der Waals surface area contributed by atoms with E-state index in [1.807, 2.05) is 21.1 Å². The number of hydrogen-bond acceptors (Lipinski definition) is 7. The molecule has 10 heteroatoms. The Labute approximate surface area is 576 Å². The van der Waals surface area contributed by atoms with Gasteiger partial charge in [-0.25, -0.2) is 4.57 Å². The van der Waals surface area contributed by atoms with Crippen molar-refractivity contribution >= 4 is 19.8 Å². The first-order chi connectivity index (χ1) is 46.0. The molecule has 0 aliphatic carbocycles. The predicted molar refractivity (Wildman–Crippen MR) is 408 cm³/mol. The topological polar surface area (TPSA) is 108 Å². The highest BCUT2D eigenvalue weighted by molar-refractivity contribution is 7.47. The Morgan fingerprint density at radius 2 is 0.574 bits per heavy atom. The molecule has 0 aliphatic heterocycles. The molecule has 0 saturated carbocycles. The zero-order valence-electron chi connectivity index (χ0n) is 59.8. The summed E-state index contributed by atoms with van der Waals surface area (Å²) in [6.45, 7) is 4.14. The molecule has 0 bridgehead atoms. The molecule has 526 valence electrons. The maximum atomic E-state index is 12.9. The number of unbranched alkanes of at least 4 members (excludes halogenated alkanes) is 14. The molecule has 0 saturated heterocycles. The number of phosphoric acid groups is 1. The Hall–Kier alpha value is -5.67. The van der Waals surface area contributed by atoms with E-state index < -0.39 is 26.5 Å². The summed E-state index contributed by atoms with van der Waals surface area (Å²) in [5.41, 5.74) is 0. The number of carbonyl (C=O) groups is 2. The van der Waals surface area contributed by atoms with Crippen molar-refractivity contribution < 1.29 is 42.1 Å². The minimum atomic E-state index is -4.42. The normalized spacial score (nSPS) is 14.4. The van der Waals surface area contributed by atoms with Gasteiger partial charge < -0.3 is 18.9 Å². The molecule has 0 aliphatic rings. The Balaban J connectivity index is 4.21. The number of hydrogen-bond donors (Lipinski definition) is 1. The van der Waals surface area contributed by atoms with Crippen molar-refractivity contribution in [1.82, 2.24) is 0 Å². The number of carbonyl (C=O) groups excluding carboxylic acids is 2. The average Bonchev–Trinajstić information content (AvgIpc) is 1.56. The minimum Gasteiger partial charge on any atom is -0.462 e. The van der Waals surface area contributed by atoms with Crippen LogP contribution in [-0.2, 0) is 32.7 Å². The lowest BCUT2D eigenvalue weighted by atomic mass is 10.0. The van der Waals surface area contributed by atoms with Crippen LogP contribution < -0.4 is 0 Å². The highest BCUT2D eigenvalue weighted by Gasteiger charge is 2.27. The van der Waals surface area contributed by atoms with Gasteiger partial charge in [-0.15, -0.1) is 0 Å². The molecule has 1 N–H and O–H groups in total. The number of ether oxygens (including phenoxy) is 2. The third kappa shape index (κ3) is 75.4. The largest absolute Gasteiger partial charge is 0.472 e. The van der Waals surface area contributed by atoms with Crippen molar-refractivity contribution in [2.45, 2.75) is 251 Å². The standard InChI is InChI=1S/C84H132NO8P/c1-6-8-10-12-14-16-18-20-22-24-26-28-30-32-34-36-38-40-41-42-43-45-47-49-51-53-55-57-59-61-63-65-67-69-71-73-75-77-84(87)93-82(81-92-94(88,89)91-79-78-85(3,4)5)80-90-83(86)76-74-72-70-68-66-64-62-60-58-56-54-52-50-48-46-44-39-37-35-33-31-29-27-25-23-21-19-17-15-13-11-9-7-2/h8-11,14-17,20-23,26-29,32-35,38-40,42-44,47-50,53,55,59,61,65,67,82H,6-7,12-13,18-19,24-25,30-31,36-37,41,45-46,51-52,54,56-58,60,62-64,66,68-81H2,1-5H3/p+1/b10-8-,11-9-,16-14-,17-15-,22-20-,23-21-,28-26-,29-27-,34-32-,35-33-,40-38-,43-42-,44-39-,49-47-,50-48-,55-53-,61-59-,67-65-. The molecule has 0 aromatic heterocycles. The van der Waals surface area contributed by atoms with Crippen molar-refractivity contribution in [3.8, 4) is 0 Å². The summed E-state index contributed by atoms with van der Waals surface area (Å²) in [5, 5.41) is 0. The van der Waals surface area contributed by atoms with Gasteiger partial charge in [0.2, 0.25) is 0 Å². The summed E-state index contributed by atoms with van der Waals surface area (Å²) in [7, 11) is 1.42. The van der Waals surface area contributed by atoms with Crippen LogP contribution in [0.25, 0.3) is 0 Å². The molecule has 94 heavy (non-hydrogen) atoms. The van der Waals surface area contributed by atoms with Gasteiger partial charge in [0.15, 0.2) is 6.10 Å². The quantitative estimate of drug-likeness (QED) is 0.0211. The van der Waals surface area contributed by atoms with Crippen LogP contribution in [0, 0.1) is 0 Å². The van der Waals surface area contributed by atoms with Crippen LogP contribution >= 0.6 is 7.82 Å². The van der Waals surface area contributed by atoms with Gasteiger partial charge in [0.05, 0.1) is 27.7 Å². The first-order valence-corrected chi connectivity index (χ1v) is 38.0. The van der Waals surface area contributed by atoms with Crippen LogP contribution in [0.1, 0.15) is 245 Å². The van der Waals surface area contributed by atoms with Gasteiger partial charge in [-0.1, -0.05) is 297 Å². The molecular formula is C84H133NO8P+. The summed E-state index contributed by atoms with van der Waals surface area (Å²) >= 11 is 0. The number of allylic oxidation sites excluding steroid dienone is 36. The van der Waals surface area contributed by atoms with Gasteiger partial charge in [-0.05, 0) is 154 Å². The molecule has 2 unspecified atom stereocenters. The van der Waals surface area contributed by atoms with Crippen LogP contribution in [0.2, 0.25) is 0 Å². The Bertz CT molecular complexity index is 2390. The van der Waals surface area contributed by atoms with E-state index in [4.69, 9.17) is 18.5 Å². The van der Waals surface area contributed by atoms with Gasteiger partial charge >= 0.3 is 19.8 Å². The van der Waals surface area contributed by atoms with Crippen molar-refractivity contribution in [1.29, 1.82) is 0 Å². The van der Waals surface area contributed by atoms with Crippen molar-refractivity contribution in [3.05, 3.63) is 219 Å². The maximum Gasteiger partial charge on any atom is 0.472 e. The number of quaternary nitrogens is 1. The van der Waals surface area contributed by atoms with E-state index in [0.717, 1.165) is 167 Å². The van der Waals surface area contributed by atoms with E-state index in [0.29, 0.717) is 17.4 Å². The molecule has 0 radical (unpaired) electrons. The monoisotopic (exact) mass is 1310 g/mol. The average molecular weight is 1320 g/mol. The molecule has 2 atom stereocenters. The van der Waals surface area contributed by atoms with E-state index in [9.17, 15) is 19.0 Å².